The molecule has 1 aromatic heterocycles. The van der Waals surface area contributed by atoms with Crippen molar-refractivity contribution in [3.05, 3.63) is 34.3 Å². The molecule has 5 heteroatoms. The third-order valence-corrected chi connectivity index (χ3v) is 3.11. The third-order valence-electron chi connectivity index (χ3n) is 2.84. The van der Waals surface area contributed by atoms with Gasteiger partial charge in [-0.2, -0.15) is 0 Å². The van der Waals surface area contributed by atoms with Crippen molar-refractivity contribution in [2.45, 2.75) is 26.3 Å². The number of rotatable bonds is 5. The van der Waals surface area contributed by atoms with Crippen molar-refractivity contribution in [3.63, 3.8) is 0 Å². The lowest BCUT2D eigenvalue weighted by Crippen LogP contribution is -2.11. The van der Waals surface area contributed by atoms with Crippen LogP contribution < -0.4 is 5.76 Å². The van der Waals surface area contributed by atoms with Gasteiger partial charge in [-0.15, -0.1) is 11.6 Å². The molecule has 0 N–H and O–H groups in total. The number of aryl methyl sites for hydroxylation is 1. The Labute approximate surface area is 109 Å². The Hall–Kier alpha value is -1.55. The van der Waals surface area contributed by atoms with Gasteiger partial charge in [0.1, 0.15) is 0 Å². The molecule has 0 aliphatic rings. The second-order valence-electron chi connectivity index (χ2n) is 4.01. The molecular formula is C13H14ClNO3. The summed E-state index contributed by atoms with van der Waals surface area (Å²) in [4.78, 5) is 23.3. The van der Waals surface area contributed by atoms with E-state index in [0.29, 0.717) is 36.4 Å². The highest BCUT2D eigenvalue weighted by molar-refractivity contribution is 6.18. The van der Waals surface area contributed by atoms with Gasteiger partial charge < -0.3 is 4.42 Å². The van der Waals surface area contributed by atoms with E-state index in [2.05, 4.69) is 0 Å². The van der Waals surface area contributed by atoms with Gasteiger partial charge in [-0.1, -0.05) is 0 Å². The molecule has 4 nitrogen and oxygen atoms in total. The highest BCUT2D eigenvalue weighted by Crippen LogP contribution is 2.16. The minimum Gasteiger partial charge on any atom is -0.408 e. The van der Waals surface area contributed by atoms with E-state index in [1.165, 1.54) is 4.57 Å². The molecule has 1 aromatic carbocycles. The average Bonchev–Trinajstić information content (AvgIpc) is 2.69. The molecule has 0 unspecified atom stereocenters. The fourth-order valence-electron chi connectivity index (χ4n) is 1.91. The number of alkyl halides is 1. The van der Waals surface area contributed by atoms with Crippen LogP contribution in [0.1, 0.15) is 30.1 Å². The van der Waals surface area contributed by atoms with E-state index in [4.69, 9.17) is 16.0 Å². The van der Waals surface area contributed by atoms with Gasteiger partial charge in [0.05, 0.1) is 5.52 Å². The van der Waals surface area contributed by atoms with Gasteiger partial charge in [-0.25, -0.2) is 4.79 Å². The summed E-state index contributed by atoms with van der Waals surface area (Å²) < 4.78 is 6.64. The lowest BCUT2D eigenvalue weighted by Gasteiger charge is -2.00. The number of oxazole rings is 1. The van der Waals surface area contributed by atoms with Gasteiger partial charge in [0, 0.05) is 24.4 Å². The molecule has 0 saturated carbocycles. The highest BCUT2D eigenvalue weighted by Gasteiger charge is 2.11. The summed E-state index contributed by atoms with van der Waals surface area (Å²) >= 11 is 5.56. The van der Waals surface area contributed by atoms with Crippen molar-refractivity contribution in [1.82, 2.24) is 4.57 Å². The molecule has 1 heterocycles. The van der Waals surface area contributed by atoms with Crippen LogP contribution in [0.25, 0.3) is 11.1 Å². The summed E-state index contributed by atoms with van der Waals surface area (Å²) in [6.45, 7) is 2.42. The van der Waals surface area contributed by atoms with Gasteiger partial charge in [-0.3, -0.25) is 9.36 Å². The molecule has 18 heavy (non-hydrogen) atoms. The molecular weight excluding hydrogens is 254 g/mol. The number of carbonyl (C=O) groups is 1. The SMILES string of the molecule is CCn1c(=O)oc2cc(C(=O)CCCCl)ccc21. The Balaban J connectivity index is 2.39. The maximum Gasteiger partial charge on any atom is 0.419 e. The summed E-state index contributed by atoms with van der Waals surface area (Å²) in [5.41, 5.74) is 1.74. The number of fused-ring (bicyclic) bond motifs is 1. The zero-order valence-corrected chi connectivity index (χ0v) is 10.9. The molecule has 0 spiro atoms. The van der Waals surface area contributed by atoms with E-state index in [-0.39, 0.29) is 5.78 Å². The van der Waals surface area contributed by atoms with Crippen LogP contribution in [-0.2, 0) is 6.54 Å². The number of ketones is 1. The first-order valence-electron chi connectivity index (χ1n) is 5.90. The third kappa shape index (κ3) is 2.34. The Bertz CT molecular complexity index is 627. The van der Waals surface area contributed by atoms with Crippen molar-refractivity contribution >= 4 is 28.5 Å². The van der Waals surface area contributed by atoms with E-state index in [0.717, 1.165) is 5.52 Å². The lowest BCUT2D eigenvalue weighted by molar-refractivity contribution is 0.0982. The lowest BCUT2D eigenvalue weighted by atomic mass is 10.1. The van der Waals surface area contributed by atoms with Crippen LogP contribution in [0.15, 0.2) is 27.4 Å². The quantitative estimate of drug-likeness (QED) is 0.618. The summed E-state index contributed by atoms with van der Waals surface area (Å²) in [6, 6.07) is 5.09. The topological polar surface area (TPSA) is 52.2 Å². The molecule has 0 atom stereocenters. The van der Waals surface area contributed by atoms with Crippen LogP contribution in [-0.4, -0.2) is 16.2 Å². The Morgan fingerprint density at radius 3 is 2.89 bits per heavy atom. The number of benzene rings is 1. The Morgan fingerprint density at radius 2 is 2.22 bits per heavy atom. The molecule has 0 saturated heterocycles. The smallest absolute Gasteiger partial charge is 0.408 e. The first kappa shape index (κ1) is 12.9. The normalized spacial score (nSPS) is 11.0. The van der Waals surface area contributed by atoms with Crippen molar-refractivity contribution < 1.29 is 9.21 Å². The standard InChI is InChI=1S/C13H14ClNO3/c1-2-15-10-6-5-9(11(16)4-3-7-14)8-12(10)18-13(15)17/h5-6,8H,2-4,7H2,1H3. The van der Waals surface area contributed by atoms with Gasteiger partial charge in [0.15, 0.2) is 11.4 Å². The minimum absolute atomic E-state index is 0.0180. The van der Waals surface area contributed by atoms with E-state index in [9.17, 15) is 9.59 Å². The fourth-order valence-corrected chi connectivity index (χ4v) is 2.04. The van der Waals surface area contributed by atoms with Crippen LogP contribution >= 0.6 is 11.6 Å². The van der Waals surface area contributed by atoms with Gasteiger partial charge in [-0.05, 0) is 31.5 Å². The second-order valence-corrected chi connectivity index (χ2v) is 4.39. The number of carbonyl (C=O) groups excluding carboxylic acids is 1. The predicted molar refractivity (Wildman–Crippen MR) is 70.4 cm³/mol. The number of aromatic nitrogens is 1. The monoisotopic (exact) mass is 267 g/mol. The van der Waals surface area contributed by atoms with Crippen molar-refractivity contribution in [3.8, 4) is 0 Å². The second kappa shape index (κ2) is 5.40. The Kier molecular flexibility index (Phi) is 3.87. The number of halogens is 1. The van der Waals surface area contributed by atoms with Crippen LogP contribution in [0, 0.1) is 0 Å². The van der Waals surface area contributed by atoms with Crippen LogP contribution in [0.4, 0.5) is 0 Å². The molecule has 0 radical (unpaired) electrons. The van der Waals surface area contributed by atoms with Crippen LogP contribution in [0.2, 0.25) is 0 Å². The summed E-state index contributed by atoms with van der Waals surface area (Å²) in [5, 5.41) is 0. The first-order chi connectivity index (χ1) is 8.67. The summed E-state index contributed by atoms with van der Waals surface area (Å²) in [6.07, 6.45) is 1.06. The highest BCUT2D eigenvalue weighted by atomic mass is 35.5. The maximum absolute atomic E-state index is 11.8. The molecule has 0 amide bonds. The molecule has 0 aliphatic carbocycles. The predicted octanol–water partition coefficient (Wildman–Crippen LogP) is 2.82. The minimum atomic E-state index is -0.391. The molecule has 2 rings (SSSR count). The Morgan fingerprint density at radius 1 is 1.44 bits per heavy atom. The molecule has 0 fully saturated rings. The number of hydrogen-bond acceptors (Lipinski definition) is 3. The zero-order chi connectivity index (χ0) is 13.1. The maximum atomic E-state index is 11.8. The van der Waals surface area contributed by atoms with E-state index in [1.54, 1.807) is 18.2 Å². The molecule has 96 valence electrons. The van der Waals surface area contributed by atoms with Crippen molar-refractivity contribution in [2.24, 2.45) is 0 Å². The van der Waals surface area contributed by atoms with E-state index in [1.807, 2.05) is 6.92 Å². The fraction of sp³-hybridized carbons (Fsp3) is 0.385. The molecule has 0 bridgehead atoms. The largest absolute Gasteiger partial charge is 0.419 e. The summed E-state index contributed by atoms with van der Waals surface area (Å²) in [5.74, 6) is 0.0947. The molecule has 0 aliphatic heterocycles. The van der Waals surface area contributed by atoms with Gasteiger partial charge in [0.25, 0.3) is 0 Å². The number of hydrogen-bond donors (Lipinski definition) is 0. The number of nitrogens with zero attached hydrogens (tertiary/aromatic N) is 1. The van der Waals surface area contributed by atoms with Crippen LogP contribution in [0.3, 0.4) is 0 Å². The van der Waals surface area contributed by atoms with Crippen molar-refractivity contribution in [2.75, 3.05) is 5.88 Å². The molecule has 2 aromatic rings. The first-order valence-corrected chi connectivity index (χ1v) is 6.43. The van der Waals surface area contributed by atoms with Crippen molar-refractivity contribution in [1.29, 1.82) is 0 Å². The van der Waals surface area contributed by atoms with E-state index >= 15 is 0 Å². The number of Topliss-reactive ketones (excluding diaryl/α,β-unsaturated/α-hetero) is 1. The summed E-state index contributed by atoms with van der Waals surface area (Å²) in [7, 11) is 0. The van der Waals surface area contributed by atoms with E-state index < -0.39 is 5.76 Å². The van der Waals surface area contributed by atoms with Crippen LogP contribution in [0.5, 0.6) is 0 Å². The average molecular weight is 268 g/mol. The zero-order valence-electron chi connectivity index (χ0n) is 10.1. The van der Waals surface area contributed by atoms with Gasteiger partial charge >= 0.3 is 5.76 Å². The van der Waals surface area contributed by atoms with Gasteiger partial charge in [0.2, 0.25) is 0 Å².